The molecule has 2 aromatic heterocycles. The number of hydrogen-bond acceptors (Lipinski definition) is 5. The minimum absolute atomic E-state index is 0.392. The van der Waals surface area contributed by atoms with E-state index in [2.05, 4.69) is 70.4 Å². The molecular weight excluding hydrogens is 412 g/mol. The van der Waals surface area contributed by atoms with Crippen molar-refractivity contribution in [3.8, 4) is 11.1 Å². The van der Waals surface area contributed by atoms with Gasteiger partial charge in [-0.15, -0.1) is 11.3 Å². The Morgan fingerprint density at radius 3 is 2.67 bits per heavy atom. The van der Waals surface area contributed by atoms with Gasteiger partial charge in [0.05, 0.1) is 5.39 Å². The zero-order valence-electron chi connectivity index (χ0n) is 17.0. The monoisotopic (exact) mass is 434 g/mol. The Balaban J connectivity index is 1.48. The summed E-state index contributed by atoms with van der Waals surface area (Å²) in [7, 11) is 0. The molecule has 0 saturated carbocycles. The van der Waals surface area contributed by atoms with Gasteiger partial charge in [0.1, 0.15) is 17.0 Å². The van der Waals surface area contributed by atoms with Crippen molar-refractivity contribution in [2.24, 2.45) is 0 Å². The van der Waals surface area contributed by atoms with E-state index in [9.17, 15) is 0 Å². The molecule has 5 rings (SSSR count). The van der Waals surface area contributed by atoms with Crippen molar-refractivity contribution >= 4 is 44.7 Å². The van der Waals surface area contributed by atoms with E-state index >= 15 is 0 Å². The largest absolute Gasteiger partial charge is 0.365 e. The van der Waals surface area contributed by atoms with E-state index in [-0.39, 0.29) is 0 Å². The SMILES string of the molecule is Cc1cccc(N2CCN(c3ncnc4scc(-c5ccc(Cl)cc5)c34)CC2C)c1. The maximum Gasteiger partial charge on any atom is 0.141 e. The first kappa shape index (κ1) is 19.3. The average molecular weight is 435 g/mol. The lowest BCUT2D eigenvalue weighted by atomic mass is 10.1. The van der Waals surface area contributed by atoms with Crippen molar-refractivity contribution in [2.75, 3.05) is 29.4 Å². The van der Waals surface area contributed by atoms with Gasteiger partial charge in [0.2, 0.25) is 0 Å². The van der Waals surface area contributed by atoms with Crippen LogP contribution < -0.4 is 9.80 Å². The highest BCUT2D eigenvalue weighted by Crippen LogP contribution is 2.39. The molecule has 1 aliphatic rings. The second-order valence-corrected chi connectivity index (χ2v) is 9.16. The minimum Gasteiger partial charge on any atom is -0.365 e. The first-order valence-electron chi connectivity index (χ1n) is 10.2. The molecular formula is C24H23ClN4S. The number of aromatic nitrogens is 2. The van der Waals surface area contributed by atoms with Crippen LogP contribution in [-0.4, -0.2) is 35.6 Å². The topological polar surface area (TPSA) is 32.3 Å². The van der Waals surface area contributed by atoms with Gasteiger partial charge in [0.15, 0.2) is 0 Å². The van der Waals surface area contributed by atoms with Crippen molar-refractivity contribution in [2.45, 2.75) is 19.9 Å². The second-order valence-electron chi connectivity index (χ2n) is 7.86. The minimum atomic E-state index is 0.392. The number of aryl methyl sites for hydroxylation is 1. The van der Waals surface area contributed by atoms with Crippen LogP contribution in [0.5, 0.6) is 0 Å². The highest BCUT2D eigenvalue weighted by molar-refractivity contribution is 7.17. The zero-order chi connectivity index (χ0) is 20.7. The van der Waals surface area contributed by atoms with Gasteiger partial charge in [0.25, 0.3) is 0 Å². The summed E-state index contributed by atoms with van der Waals surface area (Å²) in [5.74, 6) is 1.03. The fraction of sp³-hybridized carbons (Fsp3) is 0.250. The smallest absolute Gasteiger partial charge is 0.141 e. The first-order valence-corrected chi connectivity index (χ1v) is 11.4. The maximum absolute atomic E-state index is 6.10. The first-order chi connectivity index (χ1) is 14.6. The number of thiophene rings is 1. The van der Waals surface area contributed by atoms with E-state index in [0.29, 0.717) is 6.04 Å². The highest BCUT2D eigenvalue weighted by Gasteiger charge is 2.27. The highest BCUT2D eigenvalue weighted by atomic mass is 35.5. The molecule has 1 atom stereocenters. The fourth-order valence-electron chi connectivity index (χ4n) is 4.28. The molecule has 0 radical (unpaired) electrons. The van der Waals surface area contributed by atoms with Crippen LogP contribution in [0.4, 0.5) is 11.5 Å². The molecule has 1 saturated heterocycles. The predicted molar refractivity (Wildman–Crippen MR) is 128 cm³/mol. The predicted octanol–water partition coefficient (Wildman–Crippen LogP) is 6.04. The van der Waals surface area contributed by atoms with Gasteiger partial charge < -0.3 is 9.80 Å². The number of rotatable bonds is 3. The maximum atomic E-state index is 6.10. The third-order valence-electron chi connectivity index (χ3n) is 5.77. The van der Waals surface area contributed by atoms with Crippen molar-refractivity contribution in [3.63, 3.8) is 0 Å². The summed E-state index contributed by atoms with van der Waals surface area (Å²) in [6, 6.07) is 17.2. The number of benzene rings is 2. The molecule has 1 unspecified atom stereocenters. The Morgan fingerprint density at radius 2 is 1.90 bits per heavy atom. The molecule has 3 heterocycles. The van der Waals surface area contributed by atoms with E-state index in [1.807, 2.05) is 12.1 Å². The van der Waals surface area contributed by atoms with Gasteiger partial charge in [-0.05, 0) is 49.2 Å². The summed E-state index contributed by atoms with van der Waals surface area (Å²) in [4.78, 5) is 15.2. The normalized spacial score (nSPS) is 17.0. The number of nitrogens with zero attached hydrogens (tertiary/aromatic N) is 4. The van der Waals surface area contributed by atoms with E-state index in [1.54, 1.807) is 17.7 Å². The summed E-state index contributed by atoms with van der Waals surface area (Å²) in [6.45, 7) is 7.27. The third kappa shape index (κ3) is 3.53. The molecule has 0 bridgehead atoms. The van der Waals surface area contributed by atoms with Crippen LogP contribution in [0, 0.1) is 6.92 Å². The molecule has 4 aromatic rings. The van der Waals surface area contributed by atoms with Crippen molar-refractivity contribution in [3.05, 3.63) is 70.8 Å². The van der Waals surface area contributed by atoms with E-state index in [1.165, 1.54) is 16.8 Å². The Hall–Kier alpha value is -2.63. The average Bonchev–Trinajstić information content (AvgIpc) is 3.18. The van der Waals surface area contributed by atoms with E-state index < -0.39 is 0 Å². The Morgan fingerprint density at radius 1 is 1.07 bits per heavy atom. The number of anilines is 2. The summed E-state index contributed by atoms with van der Waals surface area (Å²) in [5, 5.41) is 4.07. The van der Waals surface area contributed by atoms with Crippen LogP contribution in [0.2, 0.25) is 5.02 Å². The van der Waals surface area contributed by atoms with Gasteiger partial charge in [0, 0.05) is 47.3 Å². The van der Waals surface area contributed by atoms with Gasteiger partial charge in [-0.2, -0.15) is 0 Å². The lowest BCUT2D eigenvalue weighted by molar-refractivity contribution is 0.548. The van der Waals surface area contributed by atoms with Gasteiger partial charge in [-0.1, -0.05) is 35.9 Å². The third-order valence-corrected chi connectivity index (χ3v) is 6.90. The summed E-state index contributed by atoms with van der Waals surface area (Å²) < 4.78 is 0. The molecule has 0 amide bonds. The molecule has 2 aromatic carbocycles. The summed E-state index contributed by atoms with van der Waals surface area (Å²) in [6.07, 6.45) is 1.69. The number of hydrogen-bond donors (Lipinski definition) is 0. The molecule has 0 aliphatic carbocycles. The molecule has 0 N–H and O–H groups in total. The van der Waals surface area contributed by atoms with Crippen LogP contribution >= 0.6 is 22.9 Å². The molecule has 1 aliphatic heterocycles. The molecule has 4 nitrogen and oxygen atoms in total. The summed E-state index contributed by atoms with van der Waals surface area (Å²) >= 11 is 7.77. The van der Waals surface area contributed by atoms with Gasteiger partial charge >= 0.3 is 0 Å². The Labute approximate surface area is 185 Å². The van der Waals surface area contributed by atoms with Crippen LogP contribution in [0.3, 0.4) is 0 Å². The van der Waals surface area contributed by atoms with Gasteiger partial charge in [-0.25, -0.2) is 9.97 Å². The molecule has 30 heavy (non-hydrogen) atoms. The van der Waals surface area contributed by atoms with Crippen molar-refractivity contribution < 1.29 is 0 Å². The zero-order valence-corrected chi connectivity index (χ0v) is 18.6. The van der Waals surface area contributed by atoms with Crippen LogP contribution in [0.1, 0.15) is 12.5 Å². The summed E-state index contributed by atoms with van der Waals surface area (Å²) in [5.41, 5.74) is 4.92. The van der Waals surface area contributed by atoms with Crippen molar-refractivity contribution in [1.29, 1.82) is 0 Å². The molecule has 152 valence electrons. The standard InChI is InChI=1S/C24H23ClN4S/c1-16-4-3-5-20(12-16)29-11-10-28(13-17(29)2)23-22-21(14-30-24(22)27-15-26-23)18-6-8-19(25)9-7-18/h3-9,12,14-15,17H,10-11,13H2,1-2H3. The molecule has 0 spiro atoms. The fourth-order valence-corrected chi connectivity index (χ4v) is 5.32. The lowest BCUT2D eigenvalue weighted by Gasteiger charge is -2.42. The Bertz CT molecular complexity index is 1190. The van der Waals surface area contributed by atoms with E-state index in [0.717, 1.165) is 46.3 Å². The number of fused-ring (bicyclic) bond motifs is 1. The molecule has 6 heteroatoms. The number of piperazine rings is 1. The Kier molecular flexibility index (Phi) is 5.09. The lowest BCUT2D eigenvalue weighted by Crippen LogP contribution is -2.52. The van der Waals surface area contributed by atoms with Gasteiger partial charge in [-0.3, -0.25) is 0 Å². The number of halogens is 1. The van der Waals surface area contributed by atoms with E-state index in [4.69, 9.17) is 16.6 Å². The second kappa shape index (κ2) is 7.89. The quantitative estimate of drug-likeness (QED) is 0.393. The van der Waals surface area contributed by atoms with Crippen molar-refractivity contribution in [1.82, 2.24) is 9.97 Å². The molecule has 1 fully saturated rings. The van der Waals surface area contributed by atoms with Crippen LogP contribution in [0.15, 0.2) is 60.2 Å². The van der Waals surface area contributed by atoms with Crippen LogP contribution in [-0.2, 0) is 0 Å². The van der Waals surface area contributed by atoms with Crippen LogP contribution in [0.25, 0.3) is 21.3 Å².